The normalized spacial score (nSPS) is 24.3. The van der Waals surface area contributed by atoms with Gasteiger partial charge in [-0.25, -0.2) is 4.98 Å². The number of fused-ring (bicyclic) bond motifs is 3. The van der Waals surface area contributed by atoms with Gasteiger partial charge in [-0.3, -0.25) is 19.1 Å². The molecule has 10 rings (SSSR count). The van der Waals surface area contributed by atoms with Gasteiger partial charge in [0.2, 0.25) is 5.91 Å². The third kappa shape index (κ3) is 6.41. The summed E-state index contributed by atoms with van der Waals surface area (Å²) in [4.78, 5) is 48.6. The van der Waals surface area contributed by atoms with Crippen molar-refractivity contribution in [2.45, 2.75) is 102 Å². The van der Waals surface area contributed by atoms with E-state index in [9.17, 15) is 14.4 Å². The van der Waals surface area contributed by atoms with Crippen molar-refractivity contribution >= 4 is 40.6 Å². The van der Waals surface area contributed by atoms with Gasteiger partial charge in [0.1, 0.15) is 30.9 Å². The quantitative estimate of drug-likeness (QED) is 0.144. The number of nitrogens with one attached hydrogen (secondary N) is 3. The average molecular weight is 771 g/mol. The van der Waals surface area contributed by atoms with Crippen molar-refractivity contribution in [1.29, 1.82) is 0 Å². The molecular weight excluding hydrogens is 719 g/mol. The minimum absolute atomic E-state index is 0.00913. The predicted octanol–water partition coefficient (Wildman–Crippen LogP) is 6.15. The second-order valence-electron chi connectivity index (χ2n) is 17.2. The number of carbonyl (C=O) groups is 3. The van der Waals surface area contributed by atoms with Gasteiger partial charge in [0, 0.05) is 62.1 Å². The maximum absolute atomic E-state index is 13.4. The summed E-state index contributed by atoms with van der Waals surface area (Å²) in [5, 5.41) is 23.2. The molecule has 14 heteroatoms. The van der Waals surface area contributed by atoms with Crippen molar-refractivity contribution in [3.05, 3.63) is 71.4 Å². The molecule has 5 fully saturated rings. The molecule has 2 atom stereocenters. The van der Waals surface area contributed by atoms with Gasteiger partial charge in [-0.15, -0.1) is 10.2 Å². The number of anilines is 4. The Kier molecular flexibility index (Phi) is 8.80. The summed E-state index contributed by atoms with van der Waals surface area (Å²) in [6.45, 7) is 8.11. The molecule has 0 radical (unpaired) electrons. The number of quaternary nitrogens is 1. The van der Waals surface area contributed by atoms with Crippen LogP contribution in [-0.2, 0) is 4.79 Å². The van der Waals surface area contributed by atoms with Crippen molar-refractivity contribution in [1.82, 2.24) is 35.2 Å². The second-order valence-corrected chi connectivity index (χ2v) is 17.2. The zero-order valence-electron chi connectivity index (χ0n) is 33.1. The fourth-order valence-corrected chi connectivity index (χ4v) is 9.72. The summed E-state index contributed by atoms with van der Waals surface area (Å²) in [6, 6.07) is 15.2. The molecule has 6 heterocycles. The van der Waals surface area contributed by atoms with Crippen LogP contribution >= 0.6 is 0 Å². The third-order valence-electron chi connectivity index (χ3n) is 13.4. The molecule has 14 nitrogen and oxygen atoms in total. The summed E-state index contributed by atoms with van der Waals surface area (Å²) in [7, 11) is 2.14. The average Bonchev–Trinajstić information content (AvgIpc) is 4.15. The molecule has 2 saturated heterocycles. The SMILES string of the molecule is CC[C@@H]1c2c(cnn2C2C[N+](C3CC3)([C@@H](C)c3cccc(C(=O)N4CCCC4)n3)C2)-c2cccc(Nc3cc(NC(=O)C4CC4)nnc3C(=O)NC3CC3)c2N1C. The first-order valence-electron chi connectivity index (χ1n) is 21.0. The lowest BCUT2D eigenvalue weighted by molar-refractivity contribution is -1.01. The highest BCUT2D eigenvalue weighted by molar-refractivity contribution is 6.01. The van der Waals surface area contributed by atoms with Gasteiger partial charge in [-0.2, -0.15) is 5.10 Å². The number of pyridine rings is 1. The van der Waals surface area contributed by atoms with Crippen LogP contribution < -0.4 is 20.9 Å². The largest absolute Gasteiger partial charge is 0.364 e. The minimum atomic E-state index is -0.282. The summed E-state index contributed by atoms with van der Waals surface area (Å²) < 4.78 is 3.28. The third-order valence-corrected chi connectivity index (χ3v) is 13.4. The van der Waals surface area contributed by atoms with Crippen molar-refractivity contribution in [2.24, 2.45) is 5.92 Å². The Morgan fingerprint density at radius 1 is 0.930 bits per heavy atom. The standard InChI is InChI=1S/C43H51N11O3/c1-4-36-40-31(22-44-53(40)28-23-54(24-28,29-17-18-29)25(2)32-10-8-12-34(46-32)43(57)52-19-5-6-20-52)30-9-7-11-33(39(30)51(36)3)47-35-21-37(48-41(55)26-13-14-26)49-50-38(35)42(56)45-27-15-16-27/h7-12,21-22,25-29,36H,4-6,13-20,23-24H2,1-3H3,(H2-,45,47,48,49,55,56)/p+1/t25-,28?,36+,54?/m0/s1. The van der Waals surface area contributed by atoms with Crippen LogP contribution in [0.5, 0.6) is 0 Å². The monoisotopic (exact) mass is 770 g/mol. The number of amides is 3. The van der Waals surface area contributed by atoms with Crippen LogP contribution in [0.25, 0.3) is 11.1 Å². The molecule has 6 aliphatic rings. The van der Waals surface area contributed by atoms with Crippen LogP contribution in [0, 0.1) is 5.92 Å². The molecule has 0 spiro atoms. The van der Waals surface area contributed by atoms with Crippen molar-refractivity contribution in [2.75, 3.05) is 48.8 Å². The topological polar surface area (TPSA) is 150 Å². The Hall–Kier alpha value is -5.37. The maximum Gasteiger partial charge on any atom is 0.274 e. The van der Waals surface area contributed by atoms with E-state index in [1.165, 1.54) is 18.5 Å². The van der Waals surface area contributed by atoms with E-state index < -0.39 is 0 Å². The Labute approximate surface area is 333 Å². The molecule has 0 unspecified atom stereocenters. The molecule has 3 aliphatic heterocycles. The predicted molar refractivity (Wildman–Crippen MR) is 216 cm³/mol. The Morgan fingerprint density at radius 3 is 2.42 bits per heavy atom. The van der Waals surface area contributed by atoms with Crippen molar-refractivity contribution in [3.8, 4) is 11.1 Å². The van der Waals surface area contributed by atoms with Crippen LogP contribution in [0.3, 0.4) is 0 Å². The van der Waals surface area contributed by atoms with E-state index in [4.69, 9.17) is 10.1 Å². The molecular formula is C43H52N11O3+. The van der Waals surface area contributed by atoms with Gasteiger partial charge < -0.3 is 30.2 Å². The number of hydrogen-bond acceptors (Lipinski definition) is 9. The van der Waals surface area contributed by atoms with E-state index in [1.54, 1.807) is 6.07 Å². The maximum atomic E-state index is 13.4. The molecule has 4 aromatic rings. The van der Waals surface area contributed by atoms with E-state index in [2.05, 4.69) is 68.8 Å². The van der Waals surface area contributed by atoms with E-state index >= 15 is 0 Å². The fraction of sp³-hybridized carbons (Fsp3) is 0.512. The zero-order valence-corrected chi connectivity index (χ0v) is 33.1. The van der Waals surface area contributed by atoms with Crippen LogP contribution in [0.2, 0.25) is 0 Å². The number of hydrogen-bond donors (Lipinski definition) is 3. The van der Waals surface area contributed by atoms with E-state index in [0.29, 0.717) is 23.2 Å². The smallest absolute Gasteiger partial charge is 0.274 e. The van der Waals surface area contributed by atoms with Gasteiger partial charge in [0.05, 0.1) is 46.7 Å². The highest BCUT2D eigenvalue weighted by atomic mass is 16.2. The number of aromatic nitrogens is 5. The van der Waals surface area contributed by atoms with Gasteiger partial charge in [-0.1, -0.05) is 25.1 Å². The lowest BCUT2D eigenvalue weighted by atomic mass is 9.90. The number of para-hydroxylation sites is 1. The van der Waals surface area contributed by atoms with Crippen LogP contribution in [0.4, 0.5) is 22.9 Å². The Balaban J connectivity index is 0.940. The first-order valence-corrected chi connectivity index (χ1v) is 21.0. The number of nitrogens with zero attached hydrogens (tertiary/aromatic N) is 8. The highest BCUT2D eigenvalue weighted by Gasteiger charge is 2.59. The Bertz CT molecular complexity index is 2250. The van der Waals surface area contributed by atoms with Crippen molar-refractivity contribution < 1.29 is 18.9 Å². The zero-order chi connectivity index (χ0) is 39.0. The van der Waals surface area contributed by atoms with Crippen LogP contribution in [0.1, 0.15) is 122 Å². The van der Waals surface area contributed by atoms with Crippen LogP contribution in [0.15, 0.2) is 48.7 Å². The summed E-state index contributed by atoms with van der Waals surface area (Å²) >= 11 is 0. The van der Waals surface area contributed by atoms with E-state index in [1.807, 2.05) is 35.4 Å². The summed E-state index contributed by atoms with van der Waals surface area (Å²) in [5.74, 6) is 0.0313. The molecule has 57 heavy (non-hydrogen) atoms. The molecule has 3 amide bonds. The molecule has 3 aromatic heterocycles. The number of benzene rings is 1. The van der Waals surface area contributed by atoms with Crippen molar-refractivity contribution in [3.63, 3.8) is 0 Å². The molecule has 1 aromatic carbocycles. The second kappa shape index (κ2) is 13.9. The number of rotatable bonds is 12. The minimum Gasteiger partial charge on any atom is -0.364 e. The molecule has 3 saturated carbocycles. The molecule has 0 bridgehead atoms. The summed E-state index contributed by atoms with van der Waals surface area (Å²) in [6.07, 6.45) is 11.1. The molecule has 3 N–H and O–H groups in total. The number of carbonyl (C=O) groups excluding carboxylic acids is 3. The Morgan fingerprint density at radius 2 is 1.70 bits per heavy atom. The lowest BCUT2D eigenvalue weighted by Gasteiger charge is -2.54. The van der Waals surface area contributed by atoms with E-state index in [-0.39, 0.29) is 53.5 Å². The van der Waals surface area contributed by atoms with Gasteiger partial charge in [-0.05, 0) is 70.1 Å². The molecule has 3 aliphatic carbocycles. The van der Waals surface area contributed by atoms with Crippen LogP contribution in [-0.4, -0.2) is 97.4 Å². The number of likely N-dealkylation sites (tertiary alicyclic amines) is 2. The molecule has 296 valence electrons. The van der Waals surface area contributed by atoms with Gasteiger partial charge in [0.15, 0.2) is 11.5 Å². The van der Waals surface area contributed by atoms with Gasteiger partial charge >= 0.3 is 0 Å². The first kappa shape index (κ1) is 36.0. The van der Waals surface area contributed by atoms with E-state index in [0.717, 1.165) is 104 Å². The fourth-order valence-electron chi connectivity index (χ4n) is 9.72. The summed E-state index contributed by atoms with van der Waals surface area (Å²) in [5.41, 5.74) is 7.52. The first-order chi connectivity index (χ1) is 27.7. The van der Waals surface area contributed by atoms with Gasteiger partial charge in [0.25, 0.3) is 11.8 Å². The lowest BCUT2D eigenvalue weighted by Crippen LogP contribution is -2.66. The highest BCUT2D eigenvalue weighted by Crippen LogP contribution is 2.53.